The van der Waals surface area contributed by atoms with Crippen LogP contribution in [-0.4, -0.2) is 15.3 Å². The minimum absolute atomic E-state index is 0.608. The molecule has 4 heteroatoms. The van der Waals surface area contributed by atoms with Crippen LogP contribution in [0.2, 0.25) is 0 Å². The Morgan fingerprint density at radius 1 is 1.37 bits per heavy atom. The topological polar surface area (TPSA) is 41.6 Å². The van der Waals surface area contributed by atoms with Crippen LogP contribution in [0, 0.1) is 25.2 Å². The van der Waals surface area contributed by atoms with Crippen molar-refractivity contribution in [2.75, 3.05) is 5.75 Å². The van der Waals surface area contributed by atoms with Gasteiger partial charge in [-0.2, -0.15) is 5.26 Å². The van der Waals surface area contributed by atoms with Crippen LogP contribution < -0.4 is 0 Å². The second-order valence-corrected chi connectivity index (χ2v) is 5.54. The van der Waals surface area contributed by atoms with Gasteiger partial charge in [-0.25, -0.2) is 4.98 Å². The smallest absolute Gasteiger partial charge is 0.172 e. The molecule has 0 aliphatic carbocycles. The van der Waals surface area contributed by atoms with Gasteiger partial charge < -0.3 is 0 Å². The van der Waals surface area contributed by atoms with Crippen LogP contribution in [0.4, 0.5) is 0 Å². The van der Waals surface area contributed by atoms with E-state index in [2.05, 4.69) is 47.7 Å². The van der Waals surface area contributed by atoms with Gasteiger partial charge in [-0.15, -0.1) is 0 Å². The highest BCUT2D eigenvalue weighted by Crippen LogP contribution is 2.24. The Morgan fingerprint density at radius 2 is 2.21 bits per heavy atom. The largest absolute Gasteiger partial charge is 0.295 e. The molecule has 0 amide bonds. The lowest BCUT2D eigenvalue weighted by Gasteiger charge is -2.11. The summed E-state index contributed by atoms with van der Waals surface area (Å²) in [7, 11) is 0. The molecule has 2 rings (SSSR count). The highest BCUT2D eigenvalue weighted by molar-refractivity contribution is 7.99. The van der Waals surface area contributed by atoms with Gasteiger partial charge in [0.1, 0.15) is 0 Å². The van der Waals surface area contributed by atoms with E-state index in [1.807, 2.05) is 12.4 Å². The summed E-state index contributed by atoms with van der Waals surface area (Å²) in [5.41, 5.74) is 3.66. The Morgan fingerprint density at radius 3 is 3.00 bits per heavy atom. The predicted octanol–water partition coefficient (Wildman–Crippen LogP) is 3.89. The maximum absolute atomic E-state index is 8.54. The lowest BCUT2D eigenvalue weighted by Crippen LogP contribution is -1.99. The van der Waals surface area contributed by atoms with Crippen molar-refractivity contribution in [1.82, 2.24) is 9.55 Å². The summed E-state index contributed by atoms with van der Waals surface area (Å²) >= 11 is 1.70. The molecule has 0 atom stereocenters. The number of unbranched alkanes of at least 4 members (excludes halogenated alkanes) is 1. The number of rotatable bonds is 5. The average Bonchev–Trinajstić information content (AvgIpc) is 2.86. The van der Waals surface area contributed by atoms with Crippen molar-refractivity contribution in [1.29, 1.82) is 5.26 Å². The van der Waals surface area contributed by atoms with Gasteiger partial charge in [0, 0.05) is 24.6 Å². The standard InChI is InChI=1S/C15H17N3S/c1-12-5-6-13(2)14(11-12)18-9-8-17-15(18)19-10-4-3-7-16/h5-6,8-9,11H,3-4,10H2,1-2H3. The second kappa shape index (κ2) is 6.44. The van der Waals surface area contributed by atoms with E-state index >= 15 is 0 Å². The molecule has 19 heavy (non-hydrogen) atoms. The molecule has 0 N–H and O–H groups in total. The fourth-order valence-corrected chi connectivity index (χ4v) is 2.78. The number of nitrogens with zero attached hydrogens (tertiary/aromatic N) is 3. The molecule has 3 nitrogen and oxygen atoms in total. The number of hydrogen-bond donors (Lipinski definition) is 0. The first kappa shape index (κ1) is 13.7. The second-order valence-electron chi connectivity index (χ2n) is 4.48. The summed E-state index contributed by atoms with van der Waals surface area (Å²) in [5, 5.41) is 9.54. The van der Waals surface area contributed by atoms with Crippen LogP contribution in [0.3, 0.4) is 0 Å². The summed E-state index contributed by atoms with van der Waals surface area (Å²) in [6.45, 7) is 4.21. The number of aryl methyl sites for hydroxylation is 2. The van der Waals surface area contributed by atoms with Gasteiger partial charge in [-0.3, -0.25) is 4.57 Å². The summed E-state index contributed by atoms with van der Waals surface area (Å²) in [5.74, 6) is 0.926. The summed E-state index contributed by atoms with van der Waals surface area (Å²) in [6, 6.07) is 8.60. The number of imidazole rings is 1. The van der Waals surface area contributed by atoms with Crippen molar-refractivity contribution in [3.05, 3.63) is 41.7 Å². The lowest BCUT2D eigenvalue weighted by molar-refractivity contribution is 0.881. The third-order valence-corrected chi connectivity index (χ3v) is 3.95. The molecule has 1 aromatic carbocycles. The number of aromatic nitrogens is 2. The molecule has 98 valence electrons. The van der Waals surface area contributed by atoms with E-state index in [0.29, 0.717) is 6.42 Å². The maximum atomic E-state index is 8.54. The normalized spacial score (nSPS) is 10.4. The van der Waals surface area contributed by atoms with Gasteiger partial charge in [0.05, 0.1) is 11.8 Å². The molecule has 0 radical (unpaired) electrons. The van der Waals surface area contributed by atoms with Crippen LogP contribution in [0.1, 0.15) is 24.0 Å². The Bertz CT molecular complexity index is 596. The molecule has 0 saturated heterocycles. The first-order valence-electron chi connectivity index (χ1n) is 6.33. The van der Waals surface area contributed by atoms with Gasteiger partial charge >= 0.3 is 0 Å². The van der Waals surface area contributed by atoms with Crippen molar-refractivity contribution < 1.29 is 0 Å². The third kappa shape index (κ3) is 3.39. The minimum atomic E-state index is 0.608. The van der Waals surface area contributed by atoms with E-state index in [1.54, 1.807) is 11.8 Å². The Hall–Kier alpha value is -1.73. The van der Waals surface area contributed by atoms with Crippen LogP contribution in [-0.2, 0) is 0 Å². The van der Waals surface area contributed by atoms with E-state index in [4.69, 9.17) is 5.26 Å². The molecule has 0 saturated carbocycles. The van der Waals surface area contributed by atoms with E-state index in [0.717, 1.165) is 17.3 Å². The van der Waals surface area contributed by atoms with Crippen molar-refractivity contribution in [3.8, 4) is 11.8 Å². The molecule has 1 aromatic heterocycles. The zero-order valence-electron chi connectivity index (χ0n) is 11.3. The zero-order valence-corrected chi connectivity index (χ0v) is 12.1. The predicted molar refractivity (Wildman–Crippen MR) is 78.6 cm³/mol. The summed E-state index contributed by atoms with van der Waals surface area (Å²) in [4.78, 5) is 4.40. The molecule has 1 heterocycles. The number of hydrogen-bond acceptors (Lipinski definition) is 3. The zero-order chi connectivity index (χ0) is 13.7. The van der Waals surface area contributed by atoms with Crippen molar-refractivity contribution in [3.63, 3.8) is 0 Å². The molecule has 0 bridgehead atoms. The van der Waals surface area contributed by atoms with Crippen LogP contribution in [0.5, 0.6) is 0 Å². The highest BCUT2D eigenvalue weighted by atomic mass is 32.2. The molecule has 0 fully saturated rings. The monoisotopic (exact) mass is 271 g/mol. The SMILES string of the molecule is Cc1ccc(C)c(-n2ccnc2SCCCC#N)c1. The average molecular weight is 271 g/mol. The molecular weight excluding hydrogens is 254 g/mol. The Labute approximate surface area is 118 Å². The Kier molecular flexibility index (Phi) is 4.64. The molecule has 0 unspecified atom stereocenters. The summed E-state index contributed by atoms with van der Waals surface area (Å²) < 4.78 is 2.12. The molecular formula is C15H17N3S. The van der Waals surface area contributed by atoms with Gasteiger partial charge in [-0.1, -0.05) is 23.9 Å². The number of thioether (sulfide) groups is 1. The highest BCUT2D eigenvalue weighted by Gasteiger charge is 2.08. The first-order chi connectivity index (χ1) is 9.22. The van der Waals surface area contributed by atoms with Gasteiger partial charge in [-0.05, 0) is 37.5 Å². The molecule has 2 aromatic rings. The molecule has 0 spiro atoms. The van der Waals surface area contributed by atoms with Gasteiger partial charge in [0.2, 0.25) is 0 Å². The first-order valence-corrected chi connectivity index (χ1v) is 7.31. The van der Waals surface area contributed by atoms with Crippen LogP contribution in [0.25, 0.3) is 5.69 Å². The van der Waals surface area contributed by atoms with Crippen LogP contribution in [0.15, 0.2) is 35.7 Å². The van der Waals surface area contributed by atoms with Crippen molar-refractivity contribution in [2.24, 2.45) is 0 Å². The van der Waals surface area contributed by atoms with Crippen LogP contribution >= 0.6 is 11.8 Å². The fraction of sp³-hybridized carbons (Fsp3) is 0.333. The van der Waals surface area contributed by atoms with E-state index in [9.17, 15) is 0 Å². The number of benzene rings is 1. The third-order valence-electron chi connectivity index (χ3n) is 2.90. The number of nitriles is 1. The molecule has 0 aliphatic heterocycles. The van der Waals surface area contributed by atoms with Crippen molar-refractivity contribution in [2.45, 2.75) is 31.8 Å². The maximum Gasteiger partial charge on any atom is 0.172 e. The van der Waals surface area contributed by atoms with Gasteiger partial charge in [0.15, 0.2) is 5.16 Å². The lowest BCUT2D eigenvalue weighted by atomic mass is 10.1. The fourth-order valence-electron chi connectivity index (χ4n) is 1.87. The summed E-state index contributed by atoms with van der Waals surface area (Å²) in [6.07, 6.45) is 5.33. The minimum Gasteiger partial charge on any atom is -0.295 e. The Balaban J connectivity index is 2.19. The van der Waals surface area contributed by atoms with E-state index in [1.165, 1.54) is 16.8 Å². The van der Waals surface area contributed by atoms with E-state index < -0.39 is 0 Å². The molecule has 0 aliphatic rings. The quantitative estimate of drug-likeness (QED) is 0.612. The van der Waals surface area contributed by atoms with Gasteiger partial charge in [0.25, 0.3) is 0 Å². The van der Waals surface area contributed by atoms with Crippen molar-refractivity contribution >= 4 is 11.8 Å². The van der Waals surface area contributed by atoms with E-state index in [-0.39, 0.29) is 0 Å².